The average Bonchev–Trinajstić information content (AvgIpc) is 3.13. The summed E-state index contributed by atoms with van der Waals surface area (Å²) < 4.78 is 31.8. The van der Waals surface area contributed by atoms with Crippen LogP contribution >= 0.6 is 0 Å². The van der Waals surface area contributed by atoms with Crippen LogP contribution in [0.1, 0.15) is 30.1 Å². The van der Waals surface area contributed by atoms with E-state index in [0.29, 0.717) is 17.3 Å². The summed E-state index contributed by atoms with van der Waals surface area (Å²) in [4.78, 5) is 6.76. The summed E-state index contributed by atoms with van der Waals surface area (Å²) in [6.07, 6.45) is 1.97. The van der Waals surface area contributed by atoms with E-state index in [1.807, 2.05) is 13.0 Å². The topological polar surface area (TPSA) is 42.2 Å². The third kappa shape index (κ3) is 3.31. The summed E-state index contributed by atoms with van der Waals surface area (Å²) in [6, 6.07) is 10.9. The molecule has 0 N–H and O–H groups in total. The number of hydrogen-bond acceptors (Lipinski definition) is 4. The van der Waals surface area contributed by atoms with Gasteiger partial charge in [-0.15, -0.1) is 0 Å². The molecule has 1 fully saturated rings. The fourth-order valence-electron chi connectivity index (χ4n) is 3.49. The minimum atomic E-state index is -0.300. The van der Waals surface area contributed by atoms with Crippen LogP contribution in [0.5, 0.6) is 0 Å². The van der Waals surface area contributed by atoms with Gasteiger partial charge >= 0.3 is 0 Å². The molecule has 0 radical (unpaired) electrons. The predicted molar refractivity (Wildman–Crippen MR) is 95.0 cm³/mol. The van der Waals surface area contributed by atoms with Crippen LogP contribution in [0.25, 0.3) is 11.5 Å². The molecule has 0 saturated carbocycles. The second-order valence-electron chi connectivity index (χ2n) is 6.68. The predicted octanol–water partition coefficient (Wildman–Crippen LogP) is 4.71. The fraction of sp³-hybridized carbons (Fsp3) is 0.300. The number of anilines is 1. The van der Waals surface area contributed by atoms with Gasteiger partial charge in [-0.25, -0.2) is 8.78 Å². The lowest BCUT2D eigenvalue weighted by molar-refractivity contribution is 0.404. The van der Waals surface area contributed by atoms with Gasteiger partial charge in [-0.3, -0.25) is 0 Å². The Labute approximate surface area is 150 Å². The van der Waals surface area contributed by atoms with Crippen molar-refractivity contribution in [3.05, 3.63) is 65.5 Å². The molecule has 0 bridgehead atoms. The normalized spacial score (nSPS) is 17.5. The molecule has 4 nitrogen and oxygen atoms in total. The Hall–Kier alpha value is -2.76. The fourth-order valence-corrected chi connectivity index (χ4v) is 3.49. The summed E-state index contributed by atoms with van der Waals surface area (Å²) >= 11 is 0. The van der Waals surface area contributed by atoms with E-state index >= 15 is 0 Å². The largest absolute Gasteiger partial charge is 0.371 e. The smallest absolute Gasteiger partial charge is 0.257 e. The molecule has 26 heavy (non-hydrogen) atoms. The molecule has 1 aliphatic rings. The molecule has 1 aromatic heterocycles. The number of piperidine rings is 1. The van der Waals surface area contributed by atoms with Gasteiger partial charge < -0.3 is 9.42 Å². The number of aromatic nitrogens is 2. The van der Waals surface area contributed by atoms with E-state index in [0.717, 1.165) is 37.2 Å². The molecule has 1 unspecified atom stereocenters. The van der Waals surface area contributed by atoms with Crippen molar-refractivity contribution in [2.45, 2.75) is 25.7 Å². The van der Waals surface area contributed by atoms with Crippen LogP contribution < -0.4 is 4.90 Å². The van der Waals surface area contributed by atoms with Crippen LogP contribution in [0.15, 0.2) is 47.0 Å². The summed E-state index contributed by atoms with van der Waals surface area (Å²) in [5, 5.41) is 4.14. The highest BCUT2D eigenvalue weighted by atomic mass is 19.1. The number of benzene rings is 2. The Morgan fingerprint density at radius 3 is 2.62 bits per heavy atom. The van der Waals surface area contributed by atoms with Gasteiger partial charge in [-0.1, -0.05) is 5.16 Å². The van der Waals surface area contributed by atoms with Gasteiger partial charge in [0.15, 0.2) is 5.82 Å². The number of rotatable bonds is 3. The molecular formula is C20H19F2N3O. The van der Waals surface area contributed by atoms with Crippen molar-refractivity contribution < 1.29 is 13.3 Å². The van der Waals surface area contributed by atoms with Crippen molar-refractivity contribution in [3.8, 4) is 11.5 Å². The van der Waals surface area contributed by atoms with Crippen LogP contribution in [0.2, 0.25) is 0 Å². The van der Waals surface area contributed by atoms with Crippen LogP contribution in [0, 0.1) is 18.6 Å². The Morgan fingerprint density at radius 2 is 1.85 bits per heavy atom. The molecule has 0 spiro atoms. The first kappa shape index (κ1) is 16.7. The highest BCUT2D eigenvalue weighted by molar-refractivity contribution is 5.54. The number of hydrogen-bond donors (Lipinski definition) is 0. The monoisotopic (exact) mass is 355 g/mol. The molecule has 2 heterocycles. The van der Waals surface area contributed by atoms with Gasteiger partial charge in [0.1, 0.15) is 11.6 Å². The van der Waals surface area contributed by atoms with Gasteiger partial charge in [0.25, 0.3) is 5.89 Å². The van der Waals surface area contributed by atoms with E-state index in [-0.39, 0.29) is 17.6 Å². The zero-order valence-electron chi connectivity index (χ0n) is 14.5. The maximum atomic E-state index is 13.4. The van der Waals surface area contributed by atoms with Gasteiger partial charge in [0.2, 0.25) is 0 Å². The van der Waals surface area contributed by atoms with Gasteiger partial charge in [0, 0.05) is 30.3 Å². The second-order valence-corrected chi connectivity index (χ2v) is 6.68. The second kappa shape index (κ2) is 6.86. The maximum absolute atomic E-state index is 13.4. The average molecular weight is 355 g/mol. The van der Waals surface area contributed by atoms with E-state index in [9.17, 15) is 8.78 Å². The molecule has 1 saturated heterocycles. The third-order valence-electron chi connectivity index (χ3n) is 4.82. The quantitative estimate of drug-likeness (QED) is 0.682. The zero-order valence-corrected chi connectivity index (χ0v) is 14.5. The Kier molecular flexibility index (Phi) is 4.41. The van der Waals surface area contributed by atoms with Crippen LogP contribution in [0.3, 0.4) is 0 Å². The zero-order chi connectivity index (χ0) is 18.1. The minimum absolute atomic E-state index is 0.145. The molecule has 0 aliphatic carbocycles. The Balaban J connectivity index is 1.54. The number of aryl methyl sites for hydroxylation is 1. The van der Waals surface area contributed by atoms with Gasteiger partial charge in [-0.05, 0) is 67.8 Å². The van der Waals surface area contributed by atoms with Crippen molar-refractivity contribution >= 4 is 5.69 Å². The standard InChI is InChI=1S/C20H19F2N3O/c1-13-11-17(22)8-9-18(13)25-10-2-3-15(12-25)19-23-20(26-24-19)14-4-6-16(21)7-5-14/h4-9,11,15H,2-3,10,12H2,1H3. The summed E-state index contributed by atoms with van der Waals surface area (Å²) in [5.74, 6) is 0.683. The van der Waals surface area contributed by atoms with E-state index in [2.05, 4.69) is 15.0 Å². The number of nitrogens with zero attached hydrogens (tertiary/aromatic N) is 3. The molecule has 2 aromatic carbocycles. The first-order valence-corrected chi connectivity index (χ1v) is 8.71. The maximum Gasteiger partial charge on any atom is 0.257 e. The van der Waals surface area contributed by atoms with Crippen LogP contribution in [-0.2, 0) is 0 Å². The van der Waals surface area contributed by atoms with Crippen molar-refractivity contribution in [2.24, 2.45) is 0 Å². The first-order chi connectivity index (χ1) is 12.6. The SMILES string of the molecule is Cc1cc(F)ccc1N1CCCC(c2noc(-c3ccc(F)cc3)n2)C1. The molecule has 4 rings (SSSR count). The number of halogens is 2. The van der Waals surface area contributed by atoms with E-state index in [1.165, 1.54) is 18.2 Å². The third-order valence-corrected chi connectivity index (χ3v) is 4.82. The molecule has 134 valence electrons. The summed E-state index contributed by atoms with van der Waals surface area (Å²) in [5.41, 5.74) is 2.66. The van der Waals surface area contributed by atoms with E-state index in [1.54, 1.807) is 18.2 Å². The van der Waals surface area contributed by atoms with Crippen molar-refractivity contribution in [3.63, 3.8) is 0 Å². The van der Waals surface area contributed by atoms with E-state index in [4.69, 9.17) is 4.52 Å². The summed E-state index contributed by atoms with van der Waals surface area (Å²) in [6.45, 7) is 3.60. The van der Waals surface area contributed by atoms with Gasteiger partial charge in [-0.2, -0.15) is 4.98 Å². The summed E-state index contributed by atoms with van der Waals surface area (Å²) in [7, 11) is 0. The molecule has 3 aromatic rings. The first-order valence-electron chi connectivity index (χ1n) is 8.71. The minimum Gasteiger partial charge on any atom is -0.371 e. The lowest BCUT2D eigenvalue weighted by Crippen LogP contribution is -2.35. The van der Waals surface area contributed by atoms with Crippen molar-refractivity contribution in [1.29, 1.82) is 0 Å². The van der Waals surface area contributed by atoms with Crippen molar-refractivity contribution in [1.82, 2.24) is 10.1 Å². The lowest BCUT2D eigenvalue weighted by Gasteiger charge is -2.34. The highest BCUT2D eigenvalue weighted by Gasteiger charge is 2.26. The van der Waals surface area contributed by atoms with Crippen LogP contribution in [-0.4, -0.2) is 23.2 Å². The lowest BCUT2D eigenvalue weighted by atomic mass is 9.96. The van der Waals surface area contributed by atoms with Gasteiger partial charge in [0.05, 0.1) is 0 Å². The highest BCUT2D eigenvalue weighted by Crippen LogP contribution is 2.31. The molecule has 1 aliphatic heterocycles. The Bertz CT molecular complexity index is 908. The Morgan fingerprint density at radius 1 is 1.08 bits per heavy atom. The van der Waals surface area contributed by atoms with Crippen LogP contribution in [0.4, 0.5) is 14.5 Å². The molecular weight excluding hydrogens is 336 g/mol. The van der Waals surface area contributed by atoms with E-state index < -0.39 is 0 Å². The molecule has 1 atom stereocenters. The molecule has 0 amide bonds. The molecule has 6 heteroatoms. The van der Waals surface area contributed by atoms with Crippen molar-refractivity contribution in [2.75, 3.05) is 18.0 Å².